The second-order valence-corrected chi connectivity index (χ2v) is 6.86. The van der Waals surface area contributed by atoms with Gasteiger partial charge in [-0.2, -0.15) is 5.26 Å². The smallest absolute Gasteiger partial charge is 0.262 e. The highest BCUT2D eigenvalue weighted by atomic mass is 79.9. The predicted octanol–water partition coefficient (Wildman–Crippen LogP) is 4.35. The highest BCUT2D eigenvalue weighted by molar-refractivity contribution is 9.10. The predicted molar refractivity (Wildman–Crippen MR) is 111 cm³/mol. The molecule has 0 saturated heterocycles. The van der Waals surface area contributed by atoms with Crippen molar-refractivity contribution in [1.82, 2.24) is 5.32 Å². The molecular weight excluding hydrogens is 448 g/mol. The van der Waals surface area contributed by atoms with Gasteiger partial charge in [0.1, 0.15) is 28.9 Å². The van der Waals surface area contributed by atoms with Gasteiger partial charge in [-0.05, 0) is 30.3 Å². The first kappa shape index (κ1) is 21.6. The summed E-state index contributed by atoms with van der Waals surface area (Å²) >= 11 is 9.49. The van der Waals surface area contributed by atoms with Crippen LogP contribution in [0, 0.1) is 11.3 Å². The SMILES string of the molecule is COc1ccc(CNC(=O)/C(C#N)=C/c2cc(Br)cc(Cl)c2OC)c(OC)c1. The fourth-order valence-corrected chi connectivity index (χ4v) is 3.39. The lowest BCUT2D eigenvalue weighted by Gasteiger charge is -2.11. The van der Waals surface area contributed by atoms with Crippen LogP contribution >= 0.6 is 27.5 Å². The van der Waals surface area contributed by atoms with Crippen molar-refractivity contribution < 1.29 is 19.0 Å². The molecule has 28 heavy (non-hydrogen) atoms. The Balaban J connectivity index is 2.24. The fraction of sp³-hybridized carbons (Fsp3) is 0.200. The van der Waals surface area contributed by atoms with Gasteiger partial charge in [0, 0.05) is 28.2 Å². The van der Waals surface area contributed by atoms with Crippen molar-refractivity contribution in [2.24, 2.45) is 0 Å². The van der Waals surface area contributed by atoms with E-state index in [1.165, 1.54) is 20.3 Å². The summed E-state index contributed by atoms with van der Waals surface area (Å²) in [5, 5.41) is 12.5. The third kappa shape index (κ3) is 5.18. The van der Waals surface area contributed by atoms with Crippen molar-refractivity contribution >= 4 is 39.5 Å². The van der Waals surface area contributed by atoms with Crippen LogP contribution in [0.3, 0.4) is 0 Å². The third-order valence-corrected chi connectivity index (χ3v) is 4.58. The summed E-state index contributed by atoms with van der Waals surface area (Å²) in [5.41, 5.74) is 1.17. The van der Waals surface area contributed by atoms with Gasteiger partial charge in [-0.25, -0.2) is 0 Å². The van der Waals surface area contributed by atoms with Gasteiger partial charge in [0.15, 0.2) is 0 Å². The summed E-state index contributed by atoms with van der Waals surface area (Å²) in [4.78, 5) is 12.5. The van der Waals surface area contributed by atoms with Crippen LogP contribution in [0.1, 0.15) is 11.1 Å². The number of nitrogens with zero attached hydrogens (tertiary/aromatic N) is 1. The number of nitrogens with one attached hydrogen (secondary N) is 1. The molecule has 2 rings (SSSR count). The van der Waals surface area contributed by atoms with E-state index in [4.69, 9.17) is 25.8 Å². The van der Waals surface area contributed by atoms with E-state index in [1.54, 1.807) is 37.4 Å². The number of nitriles is 1. The summed E-state index contributed by atoms with van der Waals surface area (Å²) in [7, 11) is 4.56. The summed E-state index contributed by atoms with van der Waals surface area (Å²) in [6.07, 6.45) is 1.43. The molecule has 0 radical (unpaired) electrons. The van der Waals surface area contributed by atoms with Crippen LogP contribution in [0.15, 0.2) is 40.4 Å². The minimum absolute atomic E-state index is 0.0834. The molecule has 1 N–H and O–H groups in total. The molecule has 0 aliphatic heterocycles. The van der Waals surface area contributed by atoms with Gasteiger partial charge in [0.05, 0.1) is 26.4 Å². The molecule has 6 nitrogen and oxygen atoms in total. The van der Waals surface area contributed by atoms with Crippen LogP contribution in [0.25, 0.3) is 6.08 Å². The number of carbonyl (C=O) groups is 1. The van der Waals surface area contributed by atoms with E-state index in [0.717, 1.165) is 5.56 Å². The number of amides is 1. The van der Waals surface area contributed by atoms with E-state index in [0.29, 0.717) is 32.3 Å². The first-order valence-electron chi connectivity index (χ1n) is 8.07. The van der Waals surface area contributed by atoms with Crippen LogP contribution in [0.4, 0.5) is 0 Å². The highest BCUT2D eigenvalue weighted by Gasteiger charge is 2.14. The van der Waals surface area contributed by atoms with Gasteiger partial charge < -0.3 is 19.5 Å². The average Bonchev–Trinajstić information content (AvgIpc) is 2.69. The lowest BCUT2D eigenvalue weighted by Crippen LogP contribution is -2.24. The van der Waals surface area contributed by atoms with Crippen molar-refractivity contribution in [2.75, 3.05) is 21.3 Å². The third-order valence-electron chi connectivity index (χ3n) is 3.84. The molecule has 2 aromatic rings. The number of methoxy groups -OCH3 is 3. The van der Waals surface area contributed by atoms with E-state index in [1.807, 2.05) is 6.07 Å². The quantitative estimate of drug-likeness (QED) is 0.486. The Hall–Kier alpha value is -2.69. The van der Waals surface area contributed by atoms with E-state index in [2.05, 4.69) is 21.2 Å². The standard InChI is InChI=1S/C20H18BrClN2O4/c1-26-16-5-4-12(18(9-16)27-2)11-24-20(25)14(10-23)6-13-7-15(21)8-17(22)19(13)28-3/h4-9H,11H2,1-3H3,(H,24,25)/b14-6+. The van der Waals surface area contributed by atoms with Crippen molar-refractivity contribution in [1.29, 1.82) is 5.26 Å². The number of benzene rings is 2. The molecule has 0 heterocycles. The molecule has 0 aliphatic carbocycles. The minimum Gasteiger partial charge on any atom is -0.497 e. The molecule has 0 bridgehead atoms. The van der Waals surface area contributed by atoms with Gasteiger partial charge in [-0.3, -0.25) is 4.79 Å². The Labute approximate surface area is 176 Å². The first-order chi connectivity index (χ1) is 13.4. The van der Waals surface area contributed by atoms with E-state index in [-0.39, 0.29) is 12.1 Å². The molecule has 0 aromatic heterocycles. The zero-order chi connectivity index (χ0) is 20.7. The Kier molecular flexibility index (Phi) is 7.73. The van der Waals surface area contributed by atoms with Gasteiger partial charge in [0.2, 0.25) is 0 Å². The Morgan fingerprint density at radius 2 is 1.96 bits per heavy atom. The topological polar surface area (TPSA) is 80.6 Å². The van der Waals surface area contributed by atoms with Crippen molar-refractivity contribution in [3.63, 3.8) is 0 Å². The molecule has 8 heteroatoms. The van der Waals surface area contributed by atoms with Gasteiger partial charge in [0.25, 0.3) is 5.91 Å². The Bertz CT molecular complexity index is 954. The zero-order valence-corrected chi connectivity index (χ0v) is 17.8. The maximum atomic E-state index is 12.5. The highest BCUT2D eigenvalue weighted by Crippen LogP contribution is 2.33. The molecule has 0 atom stereocenters. The minimum atomic E-state index is -0.529. The van der Waals surface area contributed by atoms with E-state index >= 15 is 0 Å². The van der Waals surface area contributed by atoms with Crippen LogP contribution in [0.2, 0.25) is 5.02 Å². The van der Waals surface area contributed by atoms with Crippen LogP contribution < -0.4 is 19.5 Å². The first-order valence-corrected chi connectivity index (χ1v) is 9.24. The molecule has 0 fully saturated rings. The summed E-state index contributed by atoms with van der Waals surface area (Å²) < 4.78 is 16.4. The monoisotopic (exact) mass is 464 g/mol. The second-order valence-electron chi connectivity index (χ2n) is 5.54. The Morgan fingerprint density at radius 1 is 1.21 bits per heavy atom. The molecule has 0 spiro atoms. The van der Waals surface area contributed by atoms with Crippen molar-refractivity contribution in [2.45, 2.75) is 6.54 Å². The maximum Gasteiger partial charge on any atom is 0.262 e. The lowest BCUT2D eigenvalue weighted by molar-refractivity contribution is -0.117. The molecule has 0 saturated carbocycles. The van der Waals surface area contributed by atoms with Gasteiger partial charge in [-0.15, -0.1) is 0 Å². The largest absolute Gasteiger partial charge is 0.497 e. The second kappa shape index (κ2) is 10.0. The number of carbonyl (C=O) groups excluding carboxylic acids is 1. The number of ether oxygens (including phenoxy) is 3. The van der Waals surface area contributed by atoms with Gasteiger partial charge in [-0.1, -0.05) is 27.5 Å². The number of rotatable bonds is 7. The number of hydrogen-bond acceptors (Lipinski definition) is 5. The molecule has 146 valence electrons. The molecule has 1 amide bonds. The van der Waals surface area contributed by atoms with Crippen LogP contribution in [-0.4, -0.2) is 27.2 Å². The van der Waals surface area contributed by atoms with E-state index < -0.39 is 5.91 Å². The lowest BCUT2D eigenvalue weighted by atomic mass is 10.1. The molecule has 0 unspecified atom stereocenters. The normalized spacial score (nSPS) is 10.8. The fourth-order valence-electron chi connectivity index (χ4n) is 2.48. The molecule has 2 aromatic carbocycles. The number of hydrogen-bond donors (Lipinski definition) is 1. The van der Waals surface area contributed by atoms with Crippen LogP contribution in [0.5, 0.6) is 17.2 Å². The number of halogens is 2. The van der Waals surface area contributed by atoms with Crippen LogP contribution in [-0.2, 0) is 11.3 Å². The van der Waals surface area contributed by atoms with Crippen molar-refractivity contribution in [3.8, 4) is 23.3 Å². The zero-order valence-electron chi connectivity index (χ0n) is 15.5. The van der Waals surface area contributed by atoms with E-state index in [9.17, 15) is 10.1 Å². The van der Waals surface area contributed by atoms with Gasteiger partial charge >= 0.3 is 0 Å². The summed E-state index contributed by atoms with van der Waals surface area (Å²) in [6, 6.07) is 10.5. The van der Waals surface area contributed by atoms with Crippen molar-refractivity contribution in [3.05, 3.63) is 56.5 Å². The maximum absolute atomic E-state index is 12.5. The molecule has 0 aliphatic rings. The Morgan fingerprint density at radius 3 is 2.57 bits per heavy atom. The summed E-state index contributed by atoms with van der Waals surface area (Å²) in [5.74, 6) is 1.06. The average molecular weight is 466 g/mol. The summed E-state index contributed by atoms with van der Waals surface area (Å²) in [6.45, 7) is 0.182. The molecular formula is C20H18BrClN2O4.